The van der Waals surface area contributed by atoms with Gasteiger partial charge in [-0.2, -0.15) is 0 Å². The number of hydrogen-bond acceptors (Lipinski definition) is 4. The lowest BCUT2D eigenvalue weighted by atomic mass is 10.1. The highest BCUT2D eigenvalue weighted by Crippen LogP contribution is 2.25. The van der Waals surface area contributed by atoms with E-state index in [2.05, 4.69) is 20.9 Å². The first-order chi connectivity index (χ1) is 8.09. The second-order valence-electron chi connectivity index (χ2n) is 3.31. The van der Waals surface area contributed by atoms with E-state index in [1.807, 2.05) is 0 Å². The number of rotatable bonds is 3. The van der Waals surface area contributed by atoms with Crippen LogP contribution >= 0.6 is 15.9 Å². The normalized spacial score (nSPS) is 12.4. The molecule has 2 aromatic rings. The minimum Gasteiger partial charge on any atom is -0.478 e. The average Bonchev–Trinajstić information content (AvgIpc) is 2.78. The fourth-order valence-electron chi connectivity index (χ4n) is 1.39. The zero-order valence-corrected chi connectivity index (χ0v) is 10.1. The molecular weight excluding hydrogens is 290 g/mol. The second kappa shape index (κ2) is 4.68. The molecule has 0 saturated carbocycles. The summed E-state index contributed by atoms with van der Waals surface area (Å²) in [4.78, 5) is 14.9. The zero-order valence-electron chi connectivity index (χ0n) is 8.50. The summed E-state index contributed by atoms with van der Waals surface area (Å²) in [6.07, 6.45) is 1.55. The lowest BCUT2D eigenvalue weighted by Crippen LogP contribution is -2.06. The molecule has 1 atom stereocenters. The first-order valence-corrected chi connectivity index (χ1v) is 5.49. The molecule has 2 rings (SSSR count). The Bertz CT molecular complexity index is 535. The van der Waals surface area contributed by atoms with Crippen LogP contribution in [-0.4, -0.2) is 21.2 Å². The van der Waals surface area contributed by atoms with Crippen LogP contribution in [0.3, 0.4) is 0 Å². The number of aromatic carboxylic acids is 1. The monoisotopic (exact) mass is 297 g/mol. The SMILES string of the molecule is O=C(O)c1ccoc1C(O)c1ccc(Br)cn1. The number of carboxylic acid groups (broad SMARTS) is 1. The third kappa shape index (κ3) is 2.37. The number of hydrogen-bond donors (Lipinski definition) is 2. The van der Waals surface area contributed by atoms with E-state index in [4.69, 9.17) is 9.52 Å². The van der Waals surface area contributed by atoms with Crippen molar-refractivity contribution < 1.29 is 19.4 Å². The number of aliphatic hydroxyl groups excluding tert-OH is 1. The minimum absolute atomic E-state index is 0.0210. The van der Waals surface area contributed by atoms with E-state index in [1.165, 1.54) is 18.5 Å². The number of aliphatic hydroxyl groups is 1. The Kier molecular flexibility index (Phi) is 3.26. The first kappa shape index (κ1) is 11.8. The fourth-order valence-corrected chi connectivity index (χ4v) is 1.63. The summed E-state index contributed by atoms with van der Waals surface area (Å²) in [5, 5.41) is 18.9. The maximum absolute atomic E-state index is 10.9. The molecule has 0 radical (unpaired) electrons. The Morgan fingerprint density at radius 1 is 1.41 bits per heavy atom. The molecule has 6 heteroatoms. The molecule has 17 heavy (non-hydrogen) atoms. The lowest BCUT2D eigenvalue weighted by molar-refractivity contribution is 0.0687. The molecule has 0 saturated heterocycles. The van der Waals surface area contributed by atoms with Gasteiger partial charge in [-0.05, 0) is 34.1 Å². The standard InChI is InChI=1S/C11H8BrNO4/c12-6-1-2-8(13-5-6)9(14)10-7(11(15)16)3-4-17-10/h1-5,9,14H,(H,15,16). The summed E-state index contributed by atoms with van der Waals surface area (Å²) in [6, 6.07) is 4.58. The van der Waals surface area contributed by atoms with Crippen LogP contribution in [0.4, 0.5) is 0 Å². The van der Waals surface area contributed by atoms with Crippen LogP contribution in [0, 0.1) is 0 Å². The van der Waals surface area contributed by atoms with Gasteiger partial charge in [0.05, 0.1) is 12.0 Å². The quantitative estimate of drug-likeness (QED) is 0.907. The highest BCUT2D eigenvalue weighted by molar-refractivity contribution is 9.10. The highest BCUT2D eigenvalue weighted by Gasteiger charge is 2.22. The van der Waals surface area contributed by atoms with E-state index in [0.717, 1.165) is 4.47 Å². The van der Waals surface area contributed by atoms with E-state index in [9.17, 15) is 9.90 Å². The number of aromatic nitrogens is 1. The number of carboxylic acids is 1. The third-order valence-corrected chi connectivity index (χ3v) is 2.67. The third-order valence-electron chi connectivity index (χ3n) is 2.20. The Balaban J connectivity index is 2.36. The molecular formula is C11H8BrNO4. The van der Waals surface area contributed by atoms with Gasteiger partial charge in [0.2, 0.25) is 0 Å². The Hall–Kier alpha value is -1.66. The lowest BCUT2D eigenvalue weighted by Gasteiger charge is -2.08. The van der Waals surface area contributed by atoms with Gasteiger partial charge in [0.15, 0.2) is 11.9 Å². The molecule has 88 valence electrons. The number of carbonyl (C=O) groups is 1. The Labute approximate surface area is 105 Å². The van der Waals surface area contributed by atoms with Crippen molar-refractivity contribution in [3.05, 3.63) is 52.1 Å². The second-order valence-corrected chi connectivity index (χ2v) is 4.22. The van der Waals surface area contributed by atoms with Crippen LogP contribution in [0.5, 0.6) is 0 Å². The number of pyridine rings is 1. The van der Waals surface area contributed by atoms with Crippen molar-refractivity contribution >= 4 is 21.9 Å². The van der Waals surface area contributed by atoms with Gasteiger partial charge in [-0.3, -0.25) is 4.98 Å². The van der Waals surface area contributed by atoms with Gasteiger partial charge >= 0.3 is 5.97 Å². The van der Waals surface area contributed by atoms with E-state index < -0.39 is 12.1 Å². The predicted molar refractivity (Wildman–Crippen MR) is 61.7 cm³/mol. The first-order valence-electron chi connectivity index (χ1n) is 4.70. The molecule has 1 unspecified atom stereocenters. The van der Waals surface area contributed by atoms with Crippen molar-refractivity contribution in [2.75, 3.05) is 0 Å². The van der Waals surface area contributed by atoms with Crippen molar-refractivity contribution in [2.45, 2.75) is 6.10 Å². The molecule has 0 amide bonds. The Morgan fingerprint density at radius 3 is 2.76 bits per heavy atom. The molecule has 2 heterocycles. The van der Waals surface area contributed by atoms with Crippen molar-refractivity contribution in [1.82, 2.24) is 4.98 Å². The molecule has 0 bridgehead atoms. The summed E-state index contributed by atoms with van der Waals surface area (Å²) in [7, 11) is 0. The number of nitrogens with zero attached hydrogens (tertiary/aromatic N) is 1. The summed E-state index contributed by atoms with van der Waals surface area (Å²) in [6.45, 7) is 0. The molecule has 0 aliphatic carbocycles. The Morgan fingerprint density at radius 2 is 2.18 bits per heavy atom. The zero-order chi connectivity index (χ0) is 12.4. The molecule has 0 aromatic carbocycles. The summed E-state index contributed by atoms with van der Waals surface area (Å²) >= 11 is 3.22. The molecule has 2 N–H and O–H groups in total. The molecule has 5 nitrogen and oxygen atoms in total. The minimum atomic E-state index is -1.19. The van der Waals surface area contributed by atoms with E-state index >= 15 is 0 Å². The average molecular weight is 298 g/mol. The summed E-state index contributed by atoms with van der Waals surface area (Å²) in [5.74, 6) is -1.17. The summed E-state index contributed by atoms with van der Waals surface area (Å²) < 4.78 is 5.76. The molecule has 0 fully saturated rings. The summed E-state index contributed by atoms with van der Waals surface area (Å²) in [5.41, 5.74) is 0.257. The smallest absolute Gasteiger partial charge is 0.339 e. The van der Waals surface area contributed by atoms with Crippen molar-refractivity contribution in [3.8, 4) is 0 Å². The van der Waals surface area contributed by atoms with E-state index in [-0.39, 0.29) is 11.3 Å². The maximum atomic E-state index is 10.9. The van der Waals surface area contributed by atoms with Gasteiger partial charge in [0.1, 0.15) is 5.56 Å². The van der Waals surface area contributed by atoms with Crippen LogP contribution < -0.4 is 0 Å². The topological polar surface area (TPSA) is 83.6 Å². The van der Waals surface area contributed by atoms with Gasteiger partial charge in [-0.25, -0.2) is 4.79 Å². The van der Waals surface area contributed by atoms with Gasteiger partial charge in [0.25, 0.3) is 0 Å². The van der Waals surface area contributed by atoms with Crippen LogP contribution in [0.15, 0.2) is 39.5 Å². The van der Waals surface area contributed by atoms with Gasteiger partial charge in [-0.1, -0.05) is 0 Å². The highest BCUT2D eigenvalue weighted by atomic mass is 79.9. The van der Waals surface area contributed by atoms with Gasteiger partial charge < -0.3 is 14.6 Å². The van der Waals surface area contributed by atoms with Crippen LogP contribution in [0.2, 0.25) is 0 Å². The van der Waals surface area contributed by atoms with Gasteiger partial charge in [0, 0.05) is 10.7 Å². The molecule has 0 aliphatic heterocycles. The van der Waals surface area contributed by atoms with E-state index in [1.54, 1.807) is 12.1 Å². The van der Waals surface area contributed by atoms with Crippen molar-refractivity contribution in [2.24, 2.45) is 0 Å². The number of furan rings is 1. The van der Waals surface area contributed by atoms with Crippen molar-refractivity contribution in [3.63, 3.8) is 0 Å². The predicted octanol–water partition coefficient (Wildman–Crippen LogP) is 2.22. The van der Waals surface area contributed by atoms with E-state index in [0.29, 0.717) is 5.69 Å². The van der Waals surface area contributed by atoms with Crippen LogP contribution in [0.25, 0.3) is 0 Å². The van der Waals surface area contributed by atoms with Crippen LogP contribution in [0.1, 0.15) is 27.9 Å². The maximum Gasteiger partial charge on any atom is 0.339 e. The largest absolute Gasteiger partial charge is 0.478 e. The van der Waals surface area contributed by atoms with Gasteiger partial charge in [-0.15, -0.1) is 0 Å². The number of halogens is 1. The van der Waals surface area contributed by atoms with Crippen molar-refractivity contribution in [1.29, 1.82) is 0 Å². The molecule has 2 aromatic heterocycles. The molecule has 0 spiro atoms. The molecule has 0 aliphatic rings. The van der Waals surface area contributed by atoms with Crippen LogP contribution in [-0.2, 0) is 0 Å². The fraction of sp³-hybridized carbons (Fsp3) is 0.0909.